The third-order valence-electron chi connectivity index (χ3n) is 4.45. The molecule has 0 aliphatic rings. The Kier molecular flexibility index (Phi) is 7.76. The number of ether oxygens (including phenoxy) is 1. The van der Waals surface area contributed by atoms with Crippen LogP contribution in [-0.4, -0.2) is 28.7 Å². The van der Waals surface area contributed by atoms with Crippen LogP contribution < -0.4 is 5.32 Å². The predicted molar refractivity (Wildman–Crippen MR) is 123 cm³/mol. The number of carbonyl (C=O) groups excluding carboxylic acids is 2. The number of H-pyrrole nitrogens is 1. The van der Waals surface area contributed by atoms with E-state index in [1.165, 1.54) is 11.8 Å². The molecule has 0 aliphatic carbocycles. The normalized spacial score (nSPS) is 11.7. The molecule has 1 atom stereocenters. The van der Waals surface area contributed by atoms with Gasteiger partial charge in [-0.25, -0.2) is 4.79 Å². The summed E-state index contributed by atoms with van der Waals surface area (Å²) in [6.07, 6.45) is 1.78. The van der Waals surface area contributed by atoms with Crippen LogP contribution in [0, 0.1) is 0 Å². The summed E-state index contributed by atoms with van der Waals surface area (Å²) in [6, 6.07) is 17.4. The second-order valence-corrected chi connectivity index (χ2v) is 8.86. The predicted octanol–water partition coefficient (Wildman–Crippen LogP) is 5.42. The van der Waals surface area contributed by atoms with Crippen LogP contribution in [0.25, 0.3) is 11.1 Å². The fraction of sp³-hybridized carbons (Fsp3) is 0.217. The lowest BCUT2D eigenvalue weighted by atomic mass is 10.1. The van der Waals surface area contributed by atoms with Crippen LogP contribution in [-0.2, 0) is 16.1 Å². The van der Waals surface area contributed by atoms with Crippen molar-refractivity contribution in [2.75, 3.05) is 6.61 Å². The second-order valence-electron chi connectivity index (χ2n) is 6.60. The number of hydrogen-bond donors (Lipinski definition) is 2. The molecule has 0 fully saturated rings. The van der Waals surface area contributed by atoms with E-state index in [1.807, 2.05) is 61.5 Å². The first-order chi connectivity index (χ1) is 14.5. The van der Waals surface area contributed by atoms with Gasteiger partial charge in [0, 0.05) is 22.8 Å². The first-order valence-corrected chi connectivity index (χ1v) is 11.3. The van der Waals surface area contributed by atoms with Gasteiger partial charge in [-0.2, -0.15) is 0 Å². The number of nitrogens with one attached hydrogen (secondary N) is 2. The number of aromatic nitrogens is 1. The molecule has 0 bridgehead atoms. The fourth-order valence-corrected chi connectivity index (χ4v) is 4.17. The van der Waals surface area contributed by atoms with E-state index in [4.69, 9.17) is 4.74 Å². The van der Waals surface area contributed by atoms with Crippen LogP contribution in [0.3, 0.4) is 0 Å². The molecule has 5 nitrogen and oxygen atoms in total. The molecule has 1 heterocycles. The summed E-state index contributed by atoms with van der Waals surface area (Å²) in [4.78, 5) is 28.4. The van der Waals surface area contributed by atoms with Gasteiger partial charge < -0.3 is 15.0 Å². The van der Waals surface area contributed by atoms with Crippen molar-refractivity contribution in [1.29, 1.82) is 0 Å². The van der Waals surface area contributed by atoms with Gasteiger partial charge in [-0.15, -0.1) is 0 Å². The van der Waals surface area contributed by atoms with Gasteiger partial charge in [0.25, 0.3) is 0 Å². The van der Waals surface area contributed by atoms with Crippen LogP contribution in [0.1, 0.15) is 29.8 Å². The zero-order valence-electron chi connectivity index (χ0n) is 16.8. The summed E-state index contributed by atoms with van der Waals surface area (Å²) in [5.74, 6) is -0.505. The van der Waals surface area contributed by atoms with Crippen LogP contribution in [0.2, 0.25) is 0 Å². The van der Waals surface area contributed by atoms with Crippen molar-refractivity contribution < 1.29 is 14.3 Å². The molecule has 156 valence electrons. The van der Waals surface area contributed by atoms with Crippen LogP contribution in [0.15, 0.2) is 70.3 Å². The largest absolute Gasteiger partial charge is 0.462 e. The molecule has 3 aromatic rings. The number of benzene rings is 2. The molecule has 7 heteroatoms. The smallest absolute Gasteiger partial charge is 0.341 e. The van der Waals surface area contributed by atoms with Crippen LogP contribution in [0.5, 0.6) is 0 Å². The highest BCUT2D eigenvalue weighted by Crippen LogP contribution is 2.34. The van der Waals surface area contributed by atoms with Crippen molar-refractivity contribution in [2.24, 2.45) is 0 Å². The lowest BCUT2D eigenvalue weighted by Gasteiger charge is -2.13. The summed E-state index contributed by atoms with van der Waals surface area (Å²) in [6.45, 7) is 4.33. The van der Waals surface area contributed by atoms with E-state index in [1.54, 1.807) is 13.1 Å². The number of carbonyl (C=O) groups is 2. The van der Waals surface area contributed by atoms with E-state index in [9.17, 15) is 9.59 Å². The second kappa shape index (κ2) is 10.5. The molecular weight excluding hydrogens is 464 g/mol. The number of aromatic amines is 1. The third kappa shape index (κ3) is 5.55. The minimum absolute atomic E-state index is 0.0987. The Morgan fingerprint density at radius 1 is 1.13 bits per heavy atom. The van der Waals surface area contributed by atoms with Crippen molar-refractivity contribution in [3.05, 3.63) is 76.4 Å². The number of hydrogen-bond acceptors (Lipinski definition) is 4. The summed E-state index contributed by atoms with van der Waals surface area (Å²) in [7, 11) is 0. The van der Waals surface area contributed by atoms with Gasteiger partial charge in [0.1, 0.15) is 0 Å². The Morgan fingerprint density at radius 2 is 1.83 bits per heavy atom. The van der Waals surface area contributed by atoms with Gasteiger partial charge >= 0.3 is 5.97 Å². The van der Waals surface area contributed by atoms with Crippen molar-refractivity contribution in [3.8, 4) is 11.1 Å². The Balaban J connectivity index is 1.78. The Bertz CT molecular complexity index is 1000. The average Bonchev–Trinajstić information content (AvgIpc) is 3.17. The quantitative estimate of drug-likeness (QED) is 0.329. The topological polar surface area (TPSA) is 71.2 Å². The highest BCUT2D eigenvalue weighted by Gasteiger charge is 2.24. The molecule has 0 saturated carbocycles. The SMILES string of the molecule is CCOC(=O)c1c(-c2ccc(Br)cc2)c[nH]c1S[C@@H](C)C(=O)NCc1ccccc1. The molecular formula is C23H23BrN2O3S. The number of amides is 1. The zero-order valence-corrected chi connectivity index (χ0v) is 19.2. The van der Waals surface area contributed by atoms with E-state index in [2.05, 4.69) is 26.2 Å². The van der Waals surface area contributed by atoms with Crippen molar-refractivity contribution in [2.45, 2.75) is 30.7 Å². The van der Waals surface area contributed by atoms with Gasteiger partial charge in [-0.05, 0) is 37.1 Å². The molecule has 0 saturated heterocycles. The summed E-state index contributed by atoms with van der Waals surface area (Å²) in [5.41, 5.74) is 3.13. The maximum absolute atomic E-state index is 12.7. The Hall–Kier alpha value is -2.51. The van der Waals surface area contributed by atoms with E-state index in [0.29, 0.717) is 17.1 Å². The number of thioether (sulfide) groups is 1. The molecule has 3 rings (SSSR count). The van der Waals surface area contributed by atoms with Gasteiger partial charge in [0.15, 0.2) is 0 Å². The van der Waals surface area contributed by atoms with Gasteiger partial charge in [0.05, 0.1) is 22.4 Å². The van der Waals surface area contributed by atoms with Gasteiger partial charge in [-0.3, -0.25) is 4.79 Å². The number of rotatable bonds is 8. The fourth-order valence-electron chi connectivity index (χ4n) is 2.92. The van der Waals surface area contributed by atoms with Gasteiger partial charge in [0.2, 0.25) is 5.91 Å². The highest BCUT2D eigenvalue weighted by atomic mass is 79.9. The number of halogens is 1. The summed E-state index contributed by atoms with van der Waals surface area (Å²) in [5, 5.41) is 3.17. The minimum Gasteiger partial charge on any atom is -0.462 e. The van der Waals surface area contributed by atoms with E-state index in [-0.39, 0.29) is 12.5 Å². The number of esters is 1. The van der Waals surface area contributed by atoms with Crippen LogP contribution in [0.4, 0.5) is 0 Å². The Labute approximate surface area is 188 Å². The summed E-state index contributed by atoms with van der Waals surface area (Å²) >= 11 is 4.74. The molecule has 0 spiro atoms. The lowest BCUT2D eigenvalue weighted by Crippen LogP contribution is -2.30. The molecule has 0 aliphatic heterocycles. The maximum atomic E-state index is 12.7. The highest BCUT2D eigenvalue weighted by molar-refractivity contribution is 9.10. The lowest BCUT2D eigenvalue weighted by molar-refractivity contribution is -0.120. The minimum atomic E-state index is -0.406. The van der Waals surface area contributed by atoms with E-state index >= 15 is 0 Å². The van der Waals surface area contributed by atoms with Gasteiger partial charge in [-0.1, -0.05) is 70.2 Å². The van der Waals surface area contributed by atoms with Crippen molar-refractivity contribution >= 4 is 39.6 Å². The van der Waals surface area contributed by atoms with Crippen molar-refractivity contribution in [1.82, 2.24) is 10.3 Å². The maximum Gasteiger partial charge on any atom is 0.341 e. The Morgan fingerprint density at radius 3 is 2.50 bits per heavy atom. The molecule has 0 unspecified atom stereocenters. The third-order valence-corrected chi connectivity index (χ3v) is 6.11. The monoisotopic (exact) mass is 486 g/mol. The first-order valence-electron chi connectivity index (χ1n) is 9.62. The molecule has 1 amide bonds. The molecule has 1 aromatic heterocycles. The molecule has 2 N–H and O–H groups in total. The molecule has 2 aromatic carbocycles. The molecule has 0 radical (unpaired) electrons. The first kappa shape index (κ1) is 22.2. The van der Waals surface area contributed by atoms with Crippen LogP contribution >= 0.6 is 27.7 Å². The van der Waals surface area contributed by atoms with E-state index < -0.39 is 11.2 Å². The zero-order chi connectivity index (χ0) is 21.5. The average molecular weight is 487 g/mol. The van der Waals surface area contributed by atoms with E-state index in [0.717, 1.165) is 21.2 Å². The van der Waals surface area contributed by atoms with Crippen molar-refractivity contribution in [3.63, 3.8) is 0 Å². The summed E-state index contributed by atoms with van der Waals surface area (Å²) < 4.78 is 6.23. The standard InChI is InChI=1S/C23H23BrN2O3S/c1-3-29-23(28)20-19(17-9-11-18(24)12-10-17)14-26-22(20)30-15(2)21(27)25-13-16-7-5-4-6-8-16/h4-12,14-15,26H,3,13H2,1-2H3,(H,25,27)/t15-/m0/s1. The molecule has 30 heavy (non-hydrogen) atoms.